The first-order chi connectivity index (χ1) is 10.3. The fraction of sp³-hybridized carbons (Fsp3) is 0.368. The normalized spacial score (nSPS) is 16.6. The molecule has 1 heterocycles. The van der Waals surface area contributed by atoms with Crippen LogP contribution in [0.2, 0.25) is 0 Å². The maximum Gasteiger partial charge on any atom is 0.0475 e. The fourth-order valence-corrected chi connectivity index (χ4v) is 2.71. The molecule has 112 valence electrons. The average Bonchev–Trinajstić information content (AvgIpc) is 2.54. The second kappa shape index (κ2) is 7.84. The molecule has 0 aliphatic carbocycles. The van der Waals surface area contributed by atoms with E-state index in [1.165, 1.54) is 22.5 Å². The van der Waals surface area contributed by atoms with Crippen LogP contribution in [-0.2, 0) is 6.54 Å². The Kier molecular flexibility index (Phi) is 5.82. The number of allylic oxidation sites excluding steroid dienone is 3. The minimum Gasteiger partial charge on any atom is -0.344 e. The predicted molar refractivity (Wildman–Crippen MR) is 90.7 cm³/mol. The van der Waals surface area contributed by atoms with Gasteiger partial charge in [-0.25, -0.2) is 0 Å². The third kappa shape index (κ3) is 4.08. The van der Waals surface area contributed by atoms with E-state index in [1.807, 2.05) is 0 Å². The molecule has 2 rings (SSSR count). The highest BCUT2D eigenvalue weighted by Gasteiger charge is 2.18. The summed E-state index contributed by atoms with van der Waals surface area (Å²) in [5.41, 5.74) is 5.52. The molecule has 1 N–H and O–H groups in total. The van der Waals surface area contributed by atoms with Gasteiger partial charge in [0, 0.05) is 37.4 Å². The summed E-state index contributed by atoms with van der Waals surface area (Å²) in [4.78, 5) is 2.46. The zero-order valence-corrected chi connectivity index (χ0v) is 13.4. The molecular formula is C19H26N2. The van der Waals surface area contributed by atoms with Crippen molar-refractivity contribution in [2.45, 2.75) is 33.7 Å². The number of nitrogens with zero attached hydrogens (tertiary/aromatic N) is 1. The molecule has 2 nitrogen and oxygen atoms in total. The zero-order chi connectivity index (χ0) is 15.1. The second-order valence-corrected chi connectivity index (χ2v) is 5.40. The van der Waals surface area contributed by atoms with E-state index in [0.717, 1.165) is 26.1 Å². The van der Waals surface area contributed by atoms with Gasteiger partial charge in [0.05, 0.1) is 0 Å². The summed E-state index contributed by atoms with van der Waals surface area (Å²) in [7, 11) is 0. The highest BCUT2D eigenvalue weighted by molar-refractivity contribution is 5.31. The predicted octanol–water partition coefficient (Wildman–Crippen LogP) is 4.24. The third-order valence-corrected chi connectivity index (χ3v) is 3.95. The topological polar surface area (TPSA) is 15.3 Å². The van der Waals surface area contributed by atoms with Gasteiger partial charge in [0.2, 0.25) is 0 Å². The average molecular weight is 282 g/mol. The molecule has 0 unspecified atom stereocenters. The summed E-state index contributed by atoms with van der Waals surface area (Å²) in [5.74, 6) is 0. The Morgan fingerprint density at radius 2 is 2.00 bits per heavy atom. The Hall–Kier alpha value is -1.80. The molecule has 1 aliphatic heterocycles. The lowest BCUT2D eigenvalue weighted by atomic mass is 10.0. The van der Waals surface area contributed by atoms with Crippen LogP contribution >= 0.6 is 0 Å². The van der Waals surface area contributed by atoms with Gasteiger partial charge in [-0.15, -0.1) is 0 Å². The molecule has 0 fully saturated rings. The summed E-state index contributed by atoms with van der Waals surface area (Å²) in [6.07, 6.45) is 7.65. The molecule has 1 aromatic carbocycles. The first kappa shape index (κ1) is 15.6. The van der Waals surface area contributed by atoms with E-state index in [-0.39, 0.29) is 0 Å². The number of hydrogen-bond acceptors (Lipinski definition) is 2. The van der Waals surface area contributed by atoms with Crippen molar-refractivity contribution in [3.63, 3.8) is 0 Å². The Labute approximate surface area is 128 Å². The smallest absolute Gasteiger partial charge is 0.0475 e. The van der Waals surface area contributed by atoms with Crippen LogP contribution in [0.3, 0.4) is 0 Å². The summed E-state index contributed by atoms with van der Waals surface area (Å²) in [6, 6.07) is 10.7. The lowest BCUT2D eigenvalue weighted by Crippen LogP contribution is -2.32. The van der Waals surface area contributed by atoms with Crippen molar-refractivity contribution in [1.82, 2.24) is 10.2 Å². The van der Waals surface area contributed by atoms with Gasteiger partial charge >= 0.3 is 0 Å². The fourth-order valence-electron chi connectivity index (χ4n) is 2.71. The van der Waals surface area contributed by atoms with E-state index >= 15 is 0 Å². The highest BCUT2D eigenvalue weighted by atomic mass is 15.2. The van der Waals surface area contributed by atoms with Gasteiger partial charge in [0.1, 0.15) is 0 Å². The van der Waals surface area contributed by atoms with Gasteiger partial charge in [0.15, 0.2) is 0 Å². The lowest BCUT2D eigenvalue weighted by molar-refractivity contribution is 0.387. The Balaban J connectivity index is 2.35. The molecule has 0 amide bonds. The molecule has 0 saturated heterocycles. The van der Waals surface area contributed by atoms with Crippen LogP contribution in [0.1, 0.15) is 32.8 Å². The monoisotopic (exact) mass is 282 g/mol. The molecule has 1 aliphatic rings. The van der Waals surface area contributed by atoms with Crippen LogP contribution in [0.15, 0.2) is 65.5 Å². The molecule has 21 heavy (non-hydrogen) atoms. The van der Waals surface area contributed by atoms with Crippen molar-refractivity contribution in [1.29, 1.82) is 0 Å². The van der Waals surface area contributed by atoms with E-state index in [2.05, 4.69) is 79.5 Å². The van der Waals surface area contributed by atoms with E-state index in [0.29, 0.717) is 0 Å². The summed E-state index contributed by atoms with van der Waals surface area (Å²) in [6.45, 7) is 9.35. The van der Waals surface area contributed by atoms with Crippen molar-refractivity contribution in [3.8, 4) is 0 Å². The van der Waals surface area contributed by atoms with Crippen molar-refractivity contribution in [3.05, 3.63) is 71.1 Å². The van der Waals surface area contributed by atoms with Gasteiger partial charge in [-0.2, -0.15) is 0 Å². The van der Waals surface area contributed by atoms with Gasteiger partial charge in [0.25, 0.3) is 0 Å². The van der Waals surface area contributed by atoms with Crippen molar-refractivity contribution in [2.24, 2.45) is 0 Å². The molecule has 1 aromatic rings. The van der Waals surface area contributed by atoms with E-state index < -0.39 is 0 Å². The number of rotatable bonds is 5. The second-order valence-electron chi connectivity index (χ2n) is 5.40. The molecular weight excluding hydrogens is 256 g/mol. The lowest BCUT2D eigenvalue weighted by Gasteiger charge is -2.33. The van der Waals surface area contributed by atoms with Gasteiger partial charge in [-0.05, 0) is 31.9 Å². The summed E-state index contributed by atoms with van der Waals surface area (Å²) < 4.78 is 0. The third-order valence-electron chi connectivity index (χ3n) is 3.95. The van der Waals surface area contributed by atoms with Crippen molar-refractivity contribution in [2.75, 3.05) is 13.1 Å². The number of nitrogens with one attached hydrogen (secondary N) is 1. The Morgan fingerprint density at radius 3 is 2.67 bits per heavy atom. The van der Waals surface area contributed by atoms with Crippen LogP contribution in [0.25, 0.3) is 0 Å². The minimum absolute atomic E-state index is 0.938. The van der Waals surface area contributed by atoms with Crippen LogP contribution in [-0.4, -0.2) is 18.0 Å². The van der Waals surface area contributed by atoms with Gasteiger partial charge in [-0.3, -0.25) is 0 Å². The first-order valence-corrected chi connectivity index (χ1v) is 7.76. The quantitative estimate of drug-likeness (QED) is 0.869. The van der Waals surface area contributed by atoms with Crippen molar-refractivity contribution < 1.29 is 0 Å². The maximum atomic E-state index is 3.47. The van der Waals surface area contributed by atoms with Gasteiger partial charge in [-0.1, -0.05) is 48.6 Å². The maximum absolute atomic E-state index is 3.47. The standard InChI is InChI=1S/C19H26N2/c1-4-9-18-14-20-13-12-19(18)21(16(3)5-2)15-17-10-7-6-8-11-17/h4-11,20H,12-15H2,1-3H3/b9-4+,16-5+. The van der Waals surface area contributed by atoms with E-state index in [1.54, 1.807) is 0 Å². The first-order valence-electron chi connectivity index (χ1n) is 7.76. The minimum atomic E-state index is 0.938. The van der Waals surface area contributed by atoms with E-state index in [9.17, 15) is 0 Å². The Morgan fingerprint density at radius 1 is 1.24 bits per heavy atom. The summed E-state index contributed by atoms with van der Waals surface area (Å²) in [5, 5.41) is 3.47. The van der Waals surface area contributed by atoms with Crippen LogP contribution < -0.4 is 5.32 Å². The van der Waals surface area contributed by atoms with Crippen LogP contribution in [0, 0.1) is 0 Å². The molecule has 0 spiro atoms. The molecule has 0 atom stereocenters. The molecule has 0 aromatic heterocycles. The number of benzene rings is 1. The molecule has 0 radical (unpaired) electrons. The van der Waals surface area contributed by atoms with Gasteiger partial charge < -0.3 is 10.2 Å². The zero-order valence-electron chi connectivity index (χ0n) is 13.4. The molecule has 0 saturated carbocycles. The van der Waals surface area contributed by atoms with Crippen LogP contribution in [0.4, 0.5) is 0 Å². The number of hydrogen-bond donors (Lipinski definition) is 1. The van der Waals surface area contributed by atoms with E-state index in [4.69, 9.17) is 0 Å². The largest absolute Gasteiger partial charge is 0.344 e. The SMILES string of the molecule is C/C=C/C1=C(N(Cc2ccccc2)/C(C)=C/C)CCNC1. The molecule has 0 bridgehead atoms. The van der Waals surface area contributed by atoms with Crippen LogP contribution in [0.5, 0.6) is 0 Å². The highest BCUT2D eigenvalue weighted by Crippen LogP contribution is 2.25. The summed E-state index contributed by atoms with van der Waals surface area (Å²) >= 11 is 0. The Bertz CT molecular complexity index is 538. The molecule has 2 heteroatoms. The van der Waals surface area contributed by atoms with Crippen molar-refractivity contribution >= 4 is 0 Å².